The van der Waals surface area contributed by atoms with Gasteiger partial charge in [0.15, 0.2) is 0 Å². The number of carbonyl (C=O) groups excluding carboxylic acids is 1. The molecule has 116 valence electrons. The summed E-state index contributed by atoms with van der Waals surface area (Å²) in [5.74, 6) is -1.11. The van der Waals surface area contributed by atoms with E-state index in [1.165, 1.54) is 0 Å². The monoisotopic (exact) mass is 312 g/mol. The first-order chi connectivity index (χ1) is 9.93. The lowest BCUT2D eigenvalue weighted by molar-refractivity contribution is -0.139. The molecular formula is C15H21ClN2O3. The summed E-state index contributed by atoms with van der Waals surface area (Å²) in [5.41, 5.74) is 0.945. The van der Waals surface area contributed by atoms with Gasteiger partial charge in [0, 0.05) is 11.6 Å². The van der Waals surface area contributed by atoms with Crippen molar-refractivity contribution in [2.75, 3.05) is 13.1 Å². The van der Waals surface area contributed by atoms with Crippen LogP contribution in [0.4, 0.5) is 0 Å². The lowest BCUT2D eigenvalue weighted by atomic mass is 10.2. The van der Waals surface area contributed by atoms with Crippen LogP contribution in [0, 0.1) is 0 Å². The van der Waals surface area contributed by atoms with Gasteiger partial charge in [-0.3, -0.25) is 14.5 Å². The maximum atomic E-state index is 12.1. The Morgan fingerprint density at radius 1 is 1.33 bits per heavy atom. The van der Waals surface area contributed by atoms with Gasteiger partial charge in [-0.25, -0.2) is 0 Å². The van der Waals surface area contributed by atoms with Crippen molar-refractivity contribution in [1.29, 1.82) is 0 Å². The van der Waals surface area contributed by atoms with Gasteiger partial charge in [0.05, 0.1) is 12.6 Å². The van der Waals surface area contributed by atoms with Gasteiger partial charge in [0.1, 0.15) is 0 Å². The molecule has 1 aromatic carbocycles. The average Bonchev–Trinajstić information content (AvgIpc) is 2.44. The van der Waals surface area contributed by atoms with Crippen molar-refractivity contribution in [1.82, 2.24) is 10.2 Å². The Labute approximate surface area is 129 Å². The van der Waals surface area contributed by atoms with Crippen LogP contribution in [0.1, 0.15) is 25.8 Å². The molecule has 1 atom stereocenters. The molecule has 1 rings (SSSR count). The fourth-order valence-electron chi connectivity index (χ4n) is 1.98. The molecule has 1 unspecified atom stereocenters. The van der Waals surface area contributed by atoms with Crippen LogP contribution >= 0.6 is 11.6 Å². The van der Waals surface area contributed by atoms with Gasteiger partial charge < -0.3 is 10.4 Å². The fraction of sp³-hybridized carbons (Fsp3) is 0.467. The number of hydrogen-bond donors (Lipinski definition) is 2. The summed E-state index contributed by atoms with van der Waals surface area (Å²) >= 11 is 5.80. The molecule has 6 heteroatoms. The van der Waals surface area contributed by atoms with Crippen molar-refractivity contribution in [3.8, 4) is 0 Å². The van der Waals surface area contributed by atoms with Gasteiger partial charge in [-0.15, -0.1) is 0 Å². The number of carboxylic acid groups (broad SMARTS) is 1. The number of nitrogens with one attached hydrogen (secondary N) is 1. The van der Waals surface area contributed by atoms with Crippen LogP contribution in [-0.2, 0) is 16.1 Å². The van der Waals surface area contributed by atoms with E-state index < -0.39 is 12.0 Å². The van der Waals surface area contributed by atoms with Crippen LogP contribution in [0.3, 0.4) is 0 Å². The minimum absolute atomic E-state index is 0.136. The molecule has 5 nitrogen and oxygen atoms in total. The summed E-state index contributed by atoms with van der Waals surface area (Å²) in [6.45, 7) is 4.50. The second-order valence-electron chi connectivity index (χ2n) is 4.88. The van der Waals surface area contributed by atoms with E-state index in [-0.39, 0.29) is 12.5 Å². The van der Waals surface area contributed by atoms with Gasteiger partial charge in [0.2, 0.25) is 5.91 Å². The zero-order valence-electron chi connectivity index (χ0n) is 12.3. The van der Waals surface area contributed by atoms with Crippen molar-refractivity contribution >= 4 is 23.5 Å². The number of halogens is 1. The number of carbonyl (C=O) groups is 2. The van der Waals surface area contributed by atoms with Gasteiger partial charge in [-0.1, -0.05) is 30.7 Å². The van der Waals surface area contributed by atoms with Crippen LogP contribution in [0.15, 0.2) is 24.3 Å². The molecule has 0 radical (unpaired) electrons. The Morgan fingerprint density at radius 2 is 1.95 bits per heavy atom. The molecule has 0 fully saturated rings. The van der Waals surface area contributed by atoms with Crippen molar-refractivity contribution in [2.45, 2.75) is 32.9 Å². The molecular weight excluding hydrogens is 292 g/mol. The Morgan fingerprint density at radius 3 is 2.48 bits per heavy atom. The Hall–Kier alpha value is -1.59. The standard InChI is InChI=1S/C15H21ClN2O3/c1-3-8-18(10-14(19)20)11(2)15(21)17-9-12-4-6-13(16)7-5-12/h4-7,11H,3,8-10H2,1-2H3,(H,17,21)(H,19,20). The zero-order valence-corrected chi connectivity index (χ0v) is 13.1. The van der Waals surface area contributed by atoms with E-state index in [2.05, 4.69) is 5.32 Å². The molecule has 0 heterocycles. The molecule has 0 bridgehead atoms. The van der Waals surface area contributed by atoms with E-state index >= 15 is 0 Å². The molecule has 0 spiro atoms. The predicted octanol–water partition coefficient (Wildman–Crippen LogP) is 2.14. The maximum absolute atomic E-state index is 12.1. The first-order valence-corrected chi connectivity index (χ1v) is 7.29. The van der Waals surface area contributed by atoms with Gasteiger partial charge in [0.25, 0.3) is 0 Å². The van der Waals surface area contributed by atoms with Crippen molar-refractivity contribution in [3.05, 3.63) is 34.9 Å². The average molecular weight is 313 g/mol. The number of hydrogen-bond acceptors (Lipinski definition) is 3. The third-order valence-electron chi connectivity index (χ3n) is 3.16. The molecule has 0 saturated heterocycles. The summed E-state index contributed by atoms with van der Waals surface area (Å²) in [7, 11) is 0. The minimum Gasteiger partial charge on any atom is -0.480 e. The summed E-state index contributed by atoms with van der Waals surface area (Å²) < 4.78 is 0. The molecule has 0 saturated carbocycles. The maximum Gasteiger partial charge on any atom is 0.317 e. The number of carboxylic acids is 1. The van der Waals surface area contributed by atoms with E-state index in [4.69, 9.17) is 16.7 Å². The molecule has 1 amide bonds. The Kier molecular flexibility index (Phi) is 7.19. The third kappa shape index (κ3) is 6.14. The van der Waals surface area contributed by atoms with Gasteiger partial charge in [-0.2, -0.15) is 0 Å². The van der Waals surface area contributed by atoms with Crippen LogP contribution in [0.25, 0.3) is 0 Å². The lowest BCUT2D eigenvalue weighted by Crippen LogP contribution is -2.47. The van der Waals surface area contributed by atoms with Crippen molar-refractivity contribution in [3.63, 3.8) is 0 Å². The Bertz CT molecular complexity index is 476. The highest BCUT2D eigenvalue weighted by molar-refractivity contribution is 6.30. The quantitative estimate of drug-likeness (QED) is 0.771. The summed E-state index contributed by atoms with van der Waals surface area (Å²) in [6.07, 6.45) is 0.794. The molecule has 0 aliphatic carbocycles. The highest BCUT2D eigenvalue weighted by atomic mass is 35.5. The second kappa shape index (κ2) is 8.64. The van der Waals surface area contributed by atoms with E-state index in [0.29, 0.717) is 18.1 Å². The number of aliphatic carboxylic acids is 1. The number of rotatable bonds is 8. The lowest BCUT2D eigenvalue weighted by Gasteiger charge is -2.26. The number of benzene rings is 1. The largest absolute Gasteiger partial charge is 0.480 e. The van der Waals surface area contributed by atoms with Gasteiger partial charge in [-0.05, 0) is 37.6 Å². The topological polar surface area (TPSA) is 69.6 Å². The van der Waals surface area contributed by atoms with Crippen LogP contribution in [0.2, 0.25) is 5.02 Å². The second-order valence-corrected chi connectivity index (χ2v) is 5.32. The van der Waals surface area contributed by atoms with E-state index in [9.17, 15) is 9.59 Å². The van der Waals surface area contributed by atoms with E-state index in [1.807, 2.05) is 19.1 Å². The van der Waals surface area contributed by atoms with Crippen molar-refractivity contribution < 1.29 is 14.7 Å². The van der Waals surface area contributed by atoms with E-state index in [0.717, 1.165) is 12.0 Å². The molecule has 21 heavy (non-hydrogen) atoms. The fourth-order valence-corrected chi connectivity index (χ4v) is 2.10. The van der Waals surface area contributed by atoms with Gasteiger partial charge >= 0.3 is 5.97 Å². The highest BCUT2D eigenvalue weighted by Gasteiger charge is 2.22. The van der Waals surface area contributed by atoms with Crippen LogP contribution < -0.4 is 5.32 Å². The summed E-state index contributed by atoms with van der Waals surface area (Å²) in [5, 5.41) is 12.4. The molecule has 0 aromatic heterocycles. The zero-order chi connectivity index (χ0) is 15.8. The first kappa shape index (κ1) is 17.5. The SMILES string of the molecule is CCCN(CC(=O)O)C(C)C(=O)NCc1ccc(Cl)cc1. The molecule has 2 N–H and O–H groups in total. The molecule has 0 aliphatic rings. The Balaban J connectivity index is 2.55. The first-order valence-electron chi connectivity index (χ1n) is 6.92. The third-order valence-corrected chi connectivity index (χ3v) is 3.41. The number of amides is 1. The molecule has 0 aliphatic heterocycles. The normalized spacial score (nSPS) is 12.2. The number of nitrogens with zero attached hydrogens (tertiary/aromatic N) is 1. The molecule has 1 aromatic rings. The van der Waals surface area contributed by atoms with Crippen LogP contribution in [0.5, 0.6) is 0 Å². The summed E-state index contributed by atoms with van der Waals surface area (Å²) in [4.78, 5) is 24.6. The smallest absolute Gasteiger partial charge is 0.317 e. The van der Waals surface area contributed by atoms with Crippen LogP contribution in [-0.4, -0.2) is 41.0 Å². The minimum atomic E-state index is -0.930. The summed E-state index contributed by atoms with van der Waals surface area (Å²) in [6, 6.07) is 6.73. The van der Waals surface area contributed by atoms with E-state index in [1.54, 1.807) is 24.0 Å². The van der Waals surface area contributed by atoms with Crippen molar-refractivity contribution in [2.24, 2.45) is 0 Å². The predicted molar refractivity (Wildman–Crippen MR) is 82.3 cm³/mol. The highest BCUT2D eigenvalue weighted by Crippen LogP contribution is 2.09.